The highest BCUT2D eigenvalue weighted by Gasteiger charge is 2.54. The molecule has 0 bridgehead atoms. The van der Waals surface area contributed by atoms with Crippen molar-refractivity contribution >= 4 is 11.9 Å². The Morgan fingerprint density at radius 1 is 1.32 bits per heavy atom. The zero-order chi connectivity index (χ0) is 17.7. The smallest absolute Gasteiger partial charge is 0.307 e. The molecular weight excluding hydrogens is 318 g/mol. The van der Waals surface area contributed by atoms with Crippen LogP contribution in [0.15, 0.2) is 6.07 Å². The maximum Gasteiger partial charge on any atom is 0.307 e. The molecule has 1 atom stereocenters. The van der Waals surface area contributed by atoms with Gasteiger partial charge in [0.25, 0.3) is 0 Å². The van der Waals surface area contributed by atoms with E-state index < -0.39 is 5.60 Å². The summed E-state index contributed by atoms with van der Waals surface area (Å²) in [6.45, 7) is 5.58. The van der Waals surface area contributed by atoms with Crippen molar-refractivity contribution in [3.63, 3.8) is 0 Å². The van der Waals surface area contributed by atoms with Crippen LogP contribution in [0.4, 0.5) is 0 Å². The van der Waals surface area contributed by atoms with Gasteiger partial charge in [-0.05, 0) is 58.4 Å². The number of carbonyl (C=O) groups is 2. The Morgan fingerprint density at radius 3 is 2.64 bits per heavy atom. The van der Waals surface area contributed by atoms with Crippen molar-refractivity contribution in [3.8, 4) is 0 Å². The van der Waals surface area contributed by atoms with Crippen LogP contribution in [0.5, 0.6) is 0 Å². The molecule has 3 fully saturated rings. The standard InChI is InChI=1S/C19H27N3O3/c1-13-9-14(2)22(21-13)12-18(7-8-18)11-20-17(24)15-10-16(23)25-19(15)5-3-4-6-19/h9,15H,3-8,10-12H2,1-2H3,(H,20,24). The number of rotatable bonds is 5. The molecule has 1 aromatic rings. The molecule has 0 aromatic carbocycles. The molecule has 2 aliphatic carbocycles. The number of esters is 1. The predicted octanol–water partition coefficient (Wildman–Crippen LogP) is 2.27. The second-order valence-corrected chi connectivity index (χ2v) is 8.31. The molecule has 2 saturated carbocycles. The lowest BCUT2D eigenvalue weighted by Crippen LogP contribution is -2.44. The Kier molecular flexibility index (Phi) is 3.89. The van der Waals surface area contributed by atoms with E-state index in [9.17, 15) is 9.59 Å². The summed E-state index contributed by atoms with van der Waals surface area (Å²) in [4.78, 5) is 24.6. The van der Waals surface area contributed by atoms with Gasteiger partial charge in [0.15, 0.2) is 0 Å². The fraction of sp³-hybridized carbons (Fsp3) is 0.737. The maximum absolute atomic E-state index is 12.8. The molecular formula is C19H27N3O3. The lowest BCUT2D eigenvalue weighted by atomic mass is 9.85. The van der Waals surface area contributed by atoms with Crippen molar-refractivity contribution in [2.24, 2.45) is 11.3 Å². The Hall–Kier alpha value is -1.85. The SMILES string of the molecule is Cc1cc(C)n(CC2(CNC(=O)C3CC(=O)OC34CCCC4)CC2)n1. The van der Waals surface area contributed by atoms with Crippen molar-refractivity contribution < 1.29 is 14.3 Å². The van der Waals surface area contributed by atoms with E-state index >= 15 is 0 Å². The molecule has 1 spiro atoms. The zero-order valence-corrected chi connectivity index (χ0v) is 15.1. The minimum atomic E-state index is -0.520. The molecule has 3 aliphatic rings. The van der Waals surface area contributed by atoms with E-state index in [1.807, 2.05) is 6.92 Å². The van der Waals surface area contributed by atoms with Gasteiger partial charge < -0.3 is 10.1 Å². The summed E-state index contributed by atoms with van der Waals surface area (Å²) >= 11 is 0. The second kappa shape index (κ2) is 5.85. The van der Waals surface area contributed by atoms with Crippen LogP contribution in [0.25, 0.3) is 0 Å². The van der Waals surface area contributed by atoms with Gasteiger partial charge in [-0.15, -0.1) is 0 Å². The first-order valence-electron chi connectivity index (χ1n) is 9.42. The molecule has 136 valence electrons. The highest BCUT2D eigenvalue weighted by molar-refractivity contribution is 5.88. The Bertz CT molecular complexity index is 699. The van der Waals surface area contributed by atoms with Crippen molar-refractivity contribution in [2.75, 3.05) is 6.54 Å². The van der Waals surface area contributed by atoms with Gasteiger partial charge in [-0.25, -0.2) is 0 Å². The van der Waals surface area contributed by atoms with Crippen molar-refractivity contribution in [2.45, 2.75) is 70.9 Å². The van der Waals surface area contributed by atoms with Crippen LogP contribution in [0.2, 0.25) is 0 Å². The number of carbonyl (C=O) groups excluding carboxylic acids is 2. The molecule has 2 heterocycles. The van der Waals surface area contributed by atoms with Crippen LogP contribution in [0.1, 0.15) is 56.3 Å². The van der Waals surface area contributed by atoms with Gasteiger partial charge in [-0.3, -0.25) is 14.3 Å². The fourth-order valence-electron chi connectivity index (χ4n) is 4.57. The van der Waals surface area contributed by atoms with Crippen LogP contribution < -0.4 is 5.32 Å². The van der Waals surface area contributed by atoms with Gasteiger partial charge >= 0.3 is 5.97 Å². The van der Waals surface area contributed by atoms with Crippen LogP contribution >= 0.6 is 0 Å². The number of nitrogens with zero attached hydrogens (tertiary/aromatic N) is 2. The van der Waals surface area contributed by atoms with Gasteiger partial charge in [0, 0.05) is 24.2 Å². The van der Waals surface area contributed by atoms with E-state index in [1.54, 1.807) is 0 Å². The number of nitrogens with one attached hydrogen (secondary N) is 1. The minimum absolute atomic E-state index is 0.00704. The van der Waals surface area contributed by atoms with Crippen LogP contribution in [0.3, 0.4) is 0 Å². The van der Waals surface area contributed by atoms with E-state index in [0.717, 1.165) is 56.5 Å². The van der Waals surface area contributed by atoms with Crippen molar-refractivity contribution in [1.29, 1.82) is 0 Å². The lowest BCUT2D eigenvalue weighted by Gasteiger charge is -2.28. The number of ether oxygens (including phenoxy) is 1. The number of aryl methyl sites for hydroxylation is 2. The quantitative estimate of drug-likeness (QED) is 0.831. The molecule has 6 heteroatoms. The zero-order valence-electron chi connectivity index (χ0n) is 15.1. The summed E-state index contributed by atoms with van der Waals surface area (Å²) in [5.41, 5.74) is 1.79. The third-order valence-corrected chi connectivity index (χ3v) is 6.27. The molecule has 25 heavy (non-hydrogen) atoms. The van der Waals surface area contributed by atoms with Crippen LogP contribution in [0, 0.1) is 25.2 Å². The summed E-state index contributed by atoms with van der Waals surface area (Å²) in [7, 11) is 0. The number of aromatic nitrogens is 2. The van der Waals surface area contributed by atoms with Gasteiger partial charge in [0.05, 0.1) is 18.0 Å². The summed E-state index contributed by atoms with van der Waals surface area (Å²) in [5, 5.41) is 7.68. The highest BCUT2D eigenvalue weighted by Crippen LogP contribution is 2.48. The minimum Gasteiger partial charge on any atom is -0.458 e. The molecule has 1 amide bonds. The highest BCUT2D eigenvalue weighted by atomic mass is 16.6. The maximum atomic E-state index is 12.8. The molecule has 1 N–H and O–H groups in total. The van der Waals surface area contributed by atoms with Crippen LogP contribution in [-0.2, 0) is 20.9 Å². The number of hydrogen-bond donors (Lipinski definition) is 1. The Labute approximate surface area is 148 Å². The van der Waals surface area contributed by atoms with Crippen molar-refractivity contribution in [1.82, 2.24) is 15.1 Å². The third-order valence-electron chi connectivity index (χ3n) is 6.27. The van der Waals surface area contributed by atoms with Gasteiger partial charge in [-0.2, -0.15) is 5.10 Å². The molecule has 1 unspecified atom stereocenters. The van der Waals surface area contributed by atoms with Gasteiger partial charge in [0.2, 0.25) is 5.91 Å². The fourth-order valence-corrected chi connectivity index (χ4v) is 4.57. The topological polar surface area (TPSA) is 73.2 Å². The molecule has 0 radical (unpaired) electrons. The molecule has 4 rings (SSSR count). The van der Waals surface area contributed by atoms with E-state index in [4.69, 9.17) is 4.74 Å². The number of amides is 1. The second-order valence-electron chi connectivity index (χ2n) is 8.31. The normalized spacial score (nSPS) is 26.0. The Morgan fingerprint density at radius 2 is 2.04 bits per heavy atom. The lowest BCUT2D eigenvalue weighted by molar-refractivity contribution is -0.150. The average Bonchev–Trinajstić information content (AvgIpc) is 2.87. The summed E-state index contributed by atoms with van der Waals surface area (Å²) in [5.74, 6) is -0.537. The monoisotopic (exact) mass is 345 g/mol. The van der Waals surface area contributed by atoms with E-state index in [0.29, 0.717) is 6.54 Å². The van der Waals surface area contributed by atoms with Gasteiger partial charge in [0.1, 0.15) is 5.60 Å². The van der Waals surface area contributed by atoms with Crippen molar-refractivity contribution in [3.05, 3.63) is 17.5 Å². The molecule has 1 aliphatic heterocycles. The molecule has 1 aromatic heterocycles. The Balaban J connectivity index is 1.38. The first-order valence-corrected chi connectivity index (χ1v) is 9.42. The number of hydrogen-bond acceptors (Lipinski definition) is 4. The average molecular weight is 345 g/mol. The van der Waals surface area contributed by atoms with E-state index in [1.165, 1.54) is 0 Å². The van der Waals surface area contributed by atoms with Crippen LogP contribution in [-0.4, -0.2) is 33.8 Å². The van der Waals surface area contributed by atoms with Gasteiger partial charge in [-0.1, -0.05) is 0 Å². The van der Waals surface area contributed by atoms with E-state index in [-0.39, 0.29) is 29.6 Å². The predicted molar refractivity (Wildman–Crippen MR) is 91.8 cm³/mol. The summed E-state index contributed by atoms with van der Waals surface area (Å²) in [6, 6.07) is 2.08. The van der Waals surface area contributed by atoms with E-state index in [2.05, 4.69) is 28.1 Å². The largest absolute Gasteiger partial charge is 0.458 e. The molecule has 6 nitrogen and oxygen atoms in total. The third kappa shape index (κ3) is 3.07. The molecule has 1 saturated heterocycles. The summed E-state index contributed by atoms with van der Waals surface area (Å²) in [6.07, 6.45) is 6.18. The first-order chi connectivity index (χ1) is 11.9. The first kappa shape index (κ1) is 16.6. The summed E-state index contributed by atoms with van der Waals surface area (Å²) < 4.78 is 7.64.